The third kappa shape index (κ3) is 6.19. The van der Waals surface area contributed by atoms with Gasteiger partial charge >= 0.3 is 0 Å². The lowest BCUT2D eigenvalue weighted by Gasteiger charge is -1.92. The minimum absolute atomic E-state index is 0.647. The lowest BCUT2D eigenvalue weighted by atomic mass is 10.2. The van der Waals surface area contributed by atoms with Gasteiger partial charge in [0, 0.05) is 12.4 Å². The molecule has 4 aromatic rings. The number of rotatable bonds is 4. The van der Waals surface area contributed by atoms with Crippen LogP contribution in [0.3, 0.4) is 0 Å². The molecule has 144 valence electrons. The number of hydrogen-bond donors (Lipinski definition) is 2. The SMILES string of the molecule is N#Cc1ccc(N=Cc2ccc[nH]2)cc1.N#Cc1ccc(N=Cc2ccc[nH]2)cc1. The van der Waals surface area contributed by atoms with Crippen molar-refractivity contribution in [2.75, 3.05) is 0 Å². The van der Waals surface area contributed by atoms with Crippen molar-refractivity contribution in [1.82, 2.24) is 9.97 Å². The molecule has 2 N–H and O–H groups in total. The molecule has 0 bridgehead atoms. The number of benzene rings is 2. The van der Waals surface area contributed by atoms with Crippen LogP contribution in [0.4, 0.5) is 11.4 Å². The van der Waals surface area contributed by atoms with E-state index in [9.17, 15) is 0 Å². The van der Waals surface area contributed by atoms with Crippen LogP contribution in [0.25, 0.3) is 0 Å². The quantitative estimate of drug-likeness (QED) is 0.463. The van der Waals surface area contributed by atoms with Crippen molar-refractivity contribution in [3.8, 4) is 12.1 Å². The summed E-state index contributed by atoms with van der Waals surface area (Å²) >= 11 is 0. The molecule has 6 heteroatoms. The molecule has 0 radical (unpaired) electrons. The Bertz CT molecular complexity index is 1070. The highest BCUT2D eigenvalue weighted by Gasteiger charge is 1.92. The van der Waals surface area contributed by atoms with Gasteiger partial charge < -0.3 is 9.97 Å². The molecule has 4 rings (SSSR count). The normalized spacial score (nSPS) is 10.3. The Kier molecular flexibility index (Phi) is 7.09. The van der Waals surface area contributed by atoms with Gasteiger partial charge in [-0.25, -0.2) is 0 Å². The van der Waals surface area contributed by atoms with Gasteiger partial charge in [-0.15, -0.1) is 0 Å². The molecule has 6 nitrogen and oxygen atoms in total. The van der Waals surface area contributed by atoms with E-state index in [0.717, 1.165) is 22.8 Å². The topological polar surface area (TPSA) is 104 Å². The van der Waals surface area contributed by atoms with E-state index < -0.39 is 0 Å². The number of hydrogen-bond acceptors (Lipinski definition) is 4. The third-order valence-corrected chi connectivity index (χ3v) is 3.94. The minimum Gasteiger partial charge on any atom is -0.360 e. The van der Waals surface area contributed by atoms with Gasteiger partial charge in [0.25, 0.3) is 0 Å². The molecule has 2 aromatic heterocycles. The highest BCUT2D eigenvalue weighted by molar-refractivity contribution is 5.80. The summed E-state index contributed by atoms with van der Waals surface area (Å²) in [5, 5.41) is 17.2. The van der Waals surface area contributed by atoms with Gasteiger partial charge in [-0.3, -0.25) is 9.98 Å². The van der Waals surface area contributed by atoms with Crippen LogP contribution in [0.5, 0.6) is 0 Å². The van der Waals surface area contributed by atoms with Crippen LogP contribution in [0.1, 0.15) is 22.5 Å². The van der Waals surface area contributed by atoms with Gasteiger partial charge in [0.2, 0.25) is 0 Å². The van der Waals surface area contributed by atoms with Crippen molar-refractivity contribution in [2.24, 2.45) is 9.98 Å². The molecular weight excluding hydrogens is 372 g/mol. The van der Waals surface area contributed by atoms with E-state index in [1.54, 1.807) is 36.7 Å². The second-order valence-corrected chi connectivity index (χ2v) is 6.08. The molecular formula is C24H18N6. The Hall–Kier alpha value is -4.68. The Labute approximate surface area is 174 Å². The maximum atomic E-state index is 8.62. The van der Waals surface area contributed by atoms with Crippen molar-refractivity contribution in [1.29, 1.82) is 10.5 Å². The molecule has 0 unspecified atom stereocenters. The molecule has 0 spiro atoms. The van der Waals surface area contributed by atoms with Gasteiger partial charge in [0.15, 0.2) is 0 Å². The van der Waals surface area contributed by atoms with Crippen LogP contribution in [-0.2, 0) is 0 Å². The van der Waals surface area contributed by atoms with Crippen molar-refractivity contribution >= 4 is 23.8 Å². The summed E-state index contributed by atoms with van der Waals surface area (Å²) in [5.41, 5.74) is 4.88. The first kappa shape index (κ1) is 20.1. The molecule has 2 heterocycles. The second-order valence-electron chi connectivity index (χ2n) is 6.08. The Morgan fingerprint density at radius 3 is 1.30 bits per heavy atom. The predicted octanol–water partition coefficient (Wildman–Crippen LogP) is 5.27. The molecule has 0 saturated carbocycles. The van der Waals surface area contributed by atoms with Crippen LogP contribution in [0, 0.1) is 22.7 Å². The number of aliphatic imine (C=N–C) groups is 2. The Morgan fingerprint density at radius 1 is 0.600 bits per heavy atom. The van der Waals surface area contributed by atoms with Crippen LogP contribution in [0.2, 0.25) is 0 Å². The van der Waals surface area contributed by atoms with E-state index in [-0.39, 0.29) is 0 Å². The average Bonchev–Trinajstić information content (AvgIpc) is 3.52. The summed E-state index contributed by atoms with van der Waals surface area (Å²) in [4.78, 5) is 14.6. The molecule has 0 aliphatic carbocycles. The summed E-state index contributed by atoms with van der Waals surface area (Å²) < 4.78 is 0. The van der Waals surface area contributed by atoms with Crippen LogP contribution in [0.15, 0.2) is 95.2 Å². The number of aromatic nitrogens is 2. The van der Waals surface area contributed by atoms with Crippen molar-refractivity contribution in [3.63, 3.8) is 0 Å². The minimum atomic E-state index is 0.647. The van der Waals surface area contributed by atoms with E-state index in [4.69, 9.17) is 10.5 Å². The van der Waals surface area contributed by atoms with E-state index >= 15 is 0 Å². The largest absolute Gasteiger partial charge is 0.360 e. The summed E-state index contributed by atoms with van der Waals surface area (Å²) in [5.74, 6) is 0. The van der Waals surface area contributed by atoms with Crippen LogP contribution < -0.4 is 0 Å². The first-order valence-electron chi connectivity index (χ1n) is 9.12. The van der Waals surface area contributed by atoms with Crippen LogP contribution in [-0.4, -0.2) is 22.4 Å². The van der Waals surface area contributed by atoms with Crippen molar-refractivity contribution in [2.45, 2.75) is 0 Å². The highest BCUT2D eigenvalue weighted by Crippen LogP contribution is 2.13. The number of nitriles is 2. The zero-order valence-electron chi connectivity index (χ0n) is 16.0. The van der Waals surface area contributed by atoms with Crippen molar-refractivity contribution in [3.05, 3.63) is 108 Å². The maximum Gasteiger partial charge on any atom is 0.0991 e. The molecule has 0 fully saturated rings. The van der Waals surface area contributed by atoms with Crippen LogP contribution >= 0.6 is 0 Å². The molecule has 0 aliphatic rings. The fourth-order valence-corrected chi connectivity index (χ4v) is 2.38. The lowest BCUT2D eigenvalue weighted by molar-refractivity contribution is 1.38. The van der Waals surface area contributed by atoms with E-state index in [1.165, 1.54) is 0 Å². The van der Waals surface area contributed by atoms with E-state index in [0.29, 0.717) is 11.1 Å². The number of nitrogens with zero attached hydrogens (tertiary/aromatic N) is 4. The molecule has 0 atom stereocenters. The highest BCUT2D eigenvalue weighted by atomic mass is 14.8. The molecule has 2 aromatic carbocycles. The average molecular weight is 390 g/mol. The summed E-state index contributed by atoms with van der Waals surface area (Å²) in [6, 6.07) is 26.1. The van der Waals surface area contributed by atoms with Gasteiger partial charge in [-0.1, -0.05) is 0 Å². The number of nitrogens with one attached hydrogen (secondary N) is 2. The fourth-order valence-electron chi connectivity index (χ4n) is 2.38. The molecule has 30 heavy (non-hydrogen) atoms. The monoisotopic (exact) mass is 390 g/mol. The first-order chi connectivity index (χ1) is 14.8. The second kappa shape index (κ2) is 10.6. The Morgan fingerprint density at radius 2 is 1.00 bits per heavy atom. The van der Waals surface area contributed by atoms with E-state index in [1.807, 2.05) is 60.9 Å². The smallest absolute Gasteiger partial charge is 0.0991 e. The van der Waals surface area contributed by atoms with Gasteiger partial charge in [0.05, 0.1) is 58.5 Å². The van der Waals surface area contributed by atoms with Gasteiger partial charge in [-0.2, -0.15) is 10.5 Å². The predicted molar refractivity (Wildman–Crippen MR) is 118 cm³/mol. The van der Waals surface area contributed by atoms with E-state index in [2.05, 4.69) is 32.1 Å². The third-order valence-electron chi connectivity index (χ3n) is 3.94. The molecule has 0 saturated heterocycles. The lowest BCUT2D eigenvalue weighted by Crippen LogP contribution is -1.78. The fraction of sp³-hybridized carbons (Fsp3) is 0. The maximum absolute atomic E-state index is 8.62. The number of H-pyrrole nitrogens is 2. The summed E-state index contributed by atoms with van der Waals surface area (Å²) in [7, 11) is 0. The zero-order valence-corrected chi connectivity index (χ0v) is 16.0. The first-order valence-corrected chi connectivity index (χ1v) is 9.12. The van der Waals surface area contributed by atoms with Gasteiger partial charge in [0.1, 0.15) is 0 Å². The summed E-state index contributed by atoms with van der Waals surface area (Å²) in [6.07, 6.45) is 7.20. The molecule has 0 aliphatic heterocycles. The number of aromatic amines is 2. The van der Waals surface area contributed by atoms with Gasteiger partial charge in [-0.05, 0) is 72.8 Å². The Balaban J connectivity index is 0.000000171. The van der Waals surface area contributed by atoms with Crippen molar-refractivity contribution < 1.29 is 0 Å². The standard InChI is InChI=1S/2C12H9N3/c2*13-8-10-3-5-11(6-4-10)15-9-12-2-1-7-14-12/h2*1-7,9,14H. The zero-order chi connectivity index (χ0) is 21.0. The summed E-state index contributed by atoms with van der Waals surface area (Å²) in [6.45, 7) is 0. The molecule has 0 amide bonds.